The summed E-state index contributed by atoms with van der Waals surface area (Å²) in [6.45, 7) is 3.92. The maximum Gasteiger partial charge on any atom is 0.272 e. The molecule has 0 saturated carbocycles. The number of amides is 3. The molecule has 5 aromatic rings. The predicted octanol–water partition coefficient (Wildman–Crippen LogP) is 8.80. The molecule has 0 fully saturated rings. The average molecular weight is 712 g/mol. The number of benzene rings is 4. The predicted molar refractivity (Wildman–Crippen MR) is 192 cm³/mol. The van der Waals surface area contributed by atoms with E-state index in [0.29, 0.717) is 22.8 Å². The molecule has 0 radical (unpaired) electrons. The second kappa shape index (κ2) is 15.7. The zero-order valence-corrected chi connectivity index (χ0v) is 28.3. The second-order valence-electron chi connectivity index (χ2n) is 10.3. The van der Waals surface area contributed by atoms with E-state index in [0.717, 1.165) is 31.8 Å². The number of nitrogens with zero attached hydrogens (tertiary/aromatic N) is 1. The van der Waals surface area contributed by atoms with Gasteiger partial charge in [0.2, 0.25) is 5.91 Å². The zero-order chi connectivity index (χ0) is 32.5. The van der Waals surface area contributed by atoms with Crippen LogP contribution in [0.25, 0.3) is 17.3 Å². The van der Waals surface area contributed by atoms with E-state index in [2.05, 4.69) is 36.9 Å². The van der Waals surface area contributed by atoms with Crippen LogP contribution in [0.4, 0.5) is 10.8 Å². The van der Waals surface area contributed by atoms with Gasteiger partial charge in [0, 0.05) is 31.6 Å². The Morgan fingerprint density at radius 2 is 1.67 bits per heavy atom. The molecule has 0 saturated heterocycles. The molecule has 1 heterocycles. The summed E-state index contributed by atoms with van der Waals surface area (Å²) in [5.41, 5.74) is 4.66. The molecule has 0 aliphatic carbocycles. The quantitative estimate of drug-likeness (QED) is 0.0940. The van der Waals surface area contributed by atoms with Gasteiger partial charge in [0.25, 0.3) is 11.8 Å². The number of hydrogen-bond donors (Lipinski definition) is 3. The van der Waals surface area contributed by atoms with E-state index in [1.807, 2.05) is 92.0 Å². The maximum atomic E-state index is 13.5. The van der Waals surface area contributed by atoms with Gasteiger partial charge in [-0.2, -0.15) is 0 Å². The van der Waals surface area contributed by atoms with E-state index in [1.54, 1.807) is 36.4 Å². The topological polar surface area (TPSA) is 100 Å². The van der Waals surface area contributed by atoms with Gasteiger partial charge in [0.1, 0.15) is 5.70 Å². The molecule has 1 atom stereocenters. The van der Waals surface area contributed by atoms with Gasteiger partial charge in [0.15, 0.2) is 5.13 Å². The van der Waals surface area contributed by atoms with E-state index in [-0.39, 0.29) is 22.8 Å². The number of hydrogen-bond acceptors (Lipinski definition) is 6. The number of rotatable bonds is 11. The fraction of sp³-hybridized carbons (Fsp3) is 0.111. The summed E-state index contributed by atoms with van der Waals surface area (Å²) in [5.74, 6) is -1.01. The number of nitrogens with one attached hydrogen (secondary N) is 3. The molecule has 1 unspecified atom stereocenters. The van der Waals surface area contributed by atoms with Gasteiger partial charge >= 0.3 is 0 Å². The van der Waals surface area contributed by atoms with Crippen molar-refractivity contribution in [3.8, 4) is 11.3 Å². The van der Waals surface area contributed by atoms with Gasteiger partial charge in [0.05, 0.1) is 10.9 Å². The standard InChI is InChI=1S/C36H31BrN4O3S2/c1-3-32(35(44)41-36-40-31(22-45-36)25-15-17-27(37)18-16-25)46-29-14-8-13-28(21-29)38-34(43)30(20-24-10-7-9-23(2)19-24)39-33(42)26-11-5-4-6-12-26/h4-22,32H,3H2,1-2H3,(H,38,43)(H,39,42)(H,40,41,44)/b30-20+. The number of carbonyl (C=O) groups is 3. The van der Waals surface area contributed by atoms with Crippen LogP contribution in [-0.4, -0.2) is 28.0 Å². The van der Waals surface area contributed by atoms with Gasteiger partial charge < -0.3 is 16.0 Å². The molecule has 0 bridgehead atoms. The molecule has 232 valence electrons. The molecule has 0 aliphatic rings. The molecule has 3 amide bonds. The van der Waals surface area contributed by atoms with Crippen molar-refractivity contribution in [2.45, 2.75) is 30.4 Å². The second-order valence-corrected chi connectivity index (χ2v) is 13.4. The van der Waals surface area contributed by atoms with Crippen molar-refractivity contribution in [1.29, 1.82) is 0 Å². The minimum atomic E-state index is -0.469. The summed E-state index contributed by atoms with van der Waals surface area (Å²) in [5, 5.41) is 10.7. The SMILES string of the molecule is CCC(Sc1cccc(NC(=O)/C(=C\c2cccc(C)c2)NC(=O)c2ccccc2)c1)C(=O)Nc1nc(-c2ccc(Br)cc2)cs1. The van der Waals surface area contributed by atoms with E-state index in [9.17, 15) is 14.4 Å². The van der Waals surface area contributed by atoms with Crippen molar-refractivity contribution in [2.24, 2.45) is 0 Å². The Morgan fingerprint density at radius 3 is 2.41 bits per heavy atom. The Labute approximate surface area is 284 Å². The molecular formula is C36H31BrN4O3S2. The van der Waals surface area contributed by atoms with Crippen molar-refractivity contribution in [3.63, 3.8) is 0 Å². The van der Waals surface area contributed by atoms with E-state index in [4.69, 9.17) is 0 Å². The van der Waals surface area contributed by atoms with E-state index < -0.39 is 5.91 Å². The van der Waals surface area contributed by atoms with Crippen molar-refractivity contribution in [1.82, 2.24) is 10.3 Å². The lowest BCUT2D eigenvalue weighted by Crippen LogP contribution is -2.30. The van der Waals surface area contributed by atoms with Crippen molar-refractivity contribution >= 4 is 73.6 Å². The molecule has 0 spiro atoms. The van der Waals surface area contributed by atoms with E-state index in [1.165, 1.54) is 23.1 Å². The van der Waals surface area contributed by atoms with Crippen LogP contribution in [0.15, 0.2) is 124 Å². The molecule has 4 aromatic carbocycles. The largest absolute Gasteiger partial charge is 0.321 e. The highest BCUT2D eigenvalue weighted by Crippen LogP contribution is 2.30. The molecule has 5 rings (SSSR count). The third-order valence-electron chi connectivity index (χ3n) is 6.79. The number of aromatic nitrogens is 1. The number of aryl methyl sites for hydroxylation is 1. The minimum Gasteiger partial charge on any atom is -0.321 e. The number of halogens is 1. The van der Waals surface area contributed by atoms with Crippen LogP contribution >= 0.6 is 39.0 Å². The molecule has 10 heteroatoms. The summed E-state index contributed by atoms with van der Waals surface area (Å²) in [4.78, 5) is 45.1. The summed E-state index contributed by atoms with van der Waals surface area (Å²) in [7, 11) is 0. The average Bonchev–Trinajstić information content (AvgIpc) is 3.52. The monoisotopic (exact) mass is 710 g/mol. The summed E-state index contributed by atoms with van der Waals surface area (Å²) in [6.07, 6.45) is 2.24. The van der Waals surface area contributed by atoms with Crippen LogP contribution in [0.1, 0.15) is 34.8 Å². The summed E-state index contributed by atoms with van der Waals surface area (Å²) < 4.78 is 0.987. The molecule has 3 N–H and O–H groups in total. The van der Waals surface area contributed by atoms with Crippen LogP contribution in [0, 0.1) is 6.92 Å². The normalized spacial score (nSPS) is 11.8. The highest BCUT2D eigenvalue weighted by molar-refractivity contribution is 9.10. The highest BCUT2D eigenvalue weighted by atomic mass is 79.9. The van der Waals surface area contributed by atoms with Crippen LogP contribution < -0.4 is 16.0 Å². The molecule has 7 nitrogen and oxygen atoms in total. The van der Waals surface area contributed by atoms with Crippen LogP contribution in [0.2, 0.25) is 0 Å². The van der Waals surface area contributed by atoms with Crippen molar-refractivity contribution < 1.29 is 14.4 Å². The number of thiazole rings is 1. The Kier molecular flexibility index (Phi) is 11.2. The summed E-state index contributed by atoms with van der Waals surface area (Å²) >= 11 is 6.23. The number of thioether (sulfide) groups is 1. The van der Waals surface area contributed by atoms with E-state index >= 15 is 0 Å². The molecular weight excluding hydrogens is 680 g/mol. The van der Waals surface area contributed by atoms with Crippen LogP contribution in [-0.2, 0) is 9.59 Å². The lowest BCUT2D eigenvalue weighted by atomic mass is 10.1. The molecule has 0 aliphatic heterocycles. The minimum absolute atomic E-state index is 0.106. The van der Waals surface area contributed by atoms with Gasteiger partial charge in [-0.3, -0.25) is 14.4 Å². The Hall–Kier alpha value is -4.51. The fourth-order valence-corrected chi connectivity index (χ4v) is 6.47. The van der Waals surface area contributed by atoms with Gasteiger partial charge in [-0.25, -0.2) is 4.98 Å². The van der Waals surface area contributed by atoms with Crippen molar-refractivity contribution in [3.05, 3.63) is 135 Å². The third-order valence-corrected chi connectivity index (χ3v) is 9.43. The van der Waals surface area contributed by atoms with Crippen LogP contribution in [0.5, 0.6) is 0 Å². The van der Waals surface area contributed by atoms with Crippen molar-refractivity contribution in [2.75, 3.05) is 10.6 Å². The molecule has 46 heavy (non-hydrogen) atoms. The fourth-order valence-electron chi connectivity index (χ4n) is 4.47. The smallest absolute Gasteiger partial charge is 0.272 e. The third kappa shape index (κ3) is 9.03. The zero-order valence-electron chi connectivity index (χ0n) is 25.1. The first-order valence-corrected chi connectivity index (χ1v) is 17.1. The summed E-state index contributed by atoms with van der Waals surface area (Å²) in [6, 6.07) is 31.6. The highest BCUT2D eigenvalue weighted by Gasteiger charge is 2.20. The number of anilines is 2. The Morgan fingerprint density at radius 1 is 0.913 bits per heavy atom. The maximum absolute atomic E-state index is 13.5. The van der Waals surface area contributed by atoms with Gasteiger partial charge in [-0.05, 0) is 67.4 Å². The van der Waals surface area contributed by atoms with Crippen LogP contribution in [0.3, 0.4) is 0 Å². The molecule has 1 aromatic heterocycles. The van der Waals surface area contributed by atoms with Gasteiger partial charge in [-0.1, -0.05) is 89.1 Å². The van der Waals surface area contributed by atoms with Gasteiger partial charge in [-0.15, -0.1) is 23.1 Å². The Bertz CT molecular complexity index is 1870. The lowest BCUT2D eigenvalue weighted by molar-refractivity contribution is -0.116. The first-order valence-electron chi connectivity index (χ1n) is 14.5. The lowest BCUT2D eigenvalue weighted by Gasteiger charge is -2.15. The Balaban J connectivity index is 1.27. The number of carbonyl (C=O) groups excluding carboxylic acids is 3. The first kappa shape index (κ1) is 32.9. The first-order chi connectivity index (χ1) is 22.3.